The highest BCUT2D eigenvalue weighted by atomic mass is 35.5. The van der Waals surface area contributed by atoms with Crippen LogP contribution in [0.4, 0.5) is 0 Å². The highest BCUT2D eigenvalue weighted by Gasteiger charge is 2.28. The number of hydrogen-bond donors (Lipinski definition) is 1. The van der Waals surface area contributed by atoms with Gasteiger partial charge in [0.15, 0.2) is 0 Å². The molecule has 0 radical (unpaired) electrons. The Bertz CT molecular complexity index is 747. The van der Waals surface area contributed by atoms with Crippen molar-refractivity contribution in [3.05, 3.63) is 46.2 Å². The van der Waals surface area contributed by atoms with E-state index < -0.39 is 0 Å². The number of benzene rings is 1. The van der Waals surface area contributed by atoms with Crippen LogP contribution in [0, 0.1) is 5.92 Å². The number of nitrogens with zero attached hydrogens (tertiary/aromatic N) is 2. The zero-order valence-electron chi connectivity index (χ0n) is 15.9. The smallest absolute Gasteiger partial charge is 0.255 e. The molecule has 5 heteroatoms. The van der Waals surface area contributed by atoms with Gasteiger partial charge in [-0.25, -0.2) is 4.68 Å². The van der Waals surface area contributed by atoms with Gasteiger partial charge < -0.3 is 5.32 Å². The molecule has 0 unspecified atom stereocenters. The van der Waals surface area contributed by atoms with E-state index in [0.29, 0.717) is 23.0 Å². The van der Waals surface area contributed by atoms with E-state index in [1.54, 1.807) is 0 Å². The first kappa shape index (κ1) is 19.5. The number of aromatic nitrogens is 2. The molecule has 2 rings (SSSR count). The molecule has 0 aliphatic rings. The summed E-state index contributed by atoms with van der Waals surface area (Å²) < 4.78 is 1.84. The van der Waals surface area contributed by atoms with E-state index in [0.717, 1.165) is 17.1 Å². The summed E-state index contributed by atoms with van der Waals surface area (Å²) in [6, 6.07) is 7.60. The molecule has 1 heterocycles. The van der Waals surface area contributed by atoms with Crippen molar-refractivity contribution in [3.63, 3.8) is 0 Å². The van der Waals surface area contributed by atoms with Gasteiger partial charge in [0.05, 0.1) is 27.7 Å². The maximum absolute atomic E-state index is 12.9. The third-order valence-electron chi connectivity index (χ3n) is 4.02. The summed E-state index contributed by atoms with van der Waals surface area (Å²) in [4.78, 5) is 12.9. The predicted molar refractivity (Wildman–Crippen MR) is 104 cm³/mol. The second-order valence-electron chi connectivity index (χ2n) is 7.42. The van der Waals surface area contributed by atoms with Crippen molar-refractivity contribution in [2.75, 3.05) is 6.54 Å². The van der Waals surface area contributed by atoms with E-state index in [1.807, 2.05) is 28.9 Å². The van der Waals surface area contributed by atoms with Crippen molar-refractivity contribution in [2.24, 2.45) is 5.92 Å². The first-order chi connectivity index (χ1) is 11.7. The van der Waals surface area contributed by atoms with Crippen LogP contribution in [0.1, 0.15) is 75.1 Å². The summed E-state index contributed by atoms with van der Waals surface area (Å²) >= 11 is 6.40. The first-order valence-corrected chi connectivity index (χ1v) is 9.27. The Morgan fingerprint density at radius 2 is 1.76 bits per heavy atom. The van der Waals surface area contributed by atoms with E-state index in [4.69, 9.17) is 16.7 Å². The monoisotopic (exact) mass is 361 g/mol. The van der Waals surface area contributed by atoms with Gasteiger partial charge in [-0.15, -0.1) is 0 Å². The average Bonchev–Trinajstić information content (AvgIpc) is 2.93. The van der Waals surface area contributed by atoms with Crippen molar-refractivity contribution in [2.45, 2.75) is 53.4 Å². The number of carbonyl (C=O) groups is 1. The van der Waals surface area contributed by atoms with Crippen LogP contribution in [-0.4, -0.2) is 22.2 Å². The lowest BCUT2D eigenvalue weighted by Gasteiger charge is -2.15. The molecule has 1 aromatic carbocycles. The van der Waals surface area contributed by atoms with Crippen LogP contribution in [0.2, 0.25) is 5.02 Å². The summed E-state index contributed by atoms with van der Waals surface area (Å²) in [5.74, 6) is 0.615. The van der Waals surface area contributed by atoms with Crippen LogP contribution in [0.5, 0.6) is 0 Å². The van der Waals surface area contributed by atoms with Crippen molar-refractivity contribution >= 4 is 17.5 Å². The van der Waals surface area contributed by atoms with Crippen LogP contribution in [-0.2, 0) is 0 Å². The topological polar surface area (TPSA) is 46.9 Å². The number of rotatable bonds is 6. The van der Waals surface area contributed by atoms with E-state index in [2.05, 4.69) is 46.9 Å². The van der Waals surface area contributed by atoms with Gasteiger partial charge in [-0.2, -0.15) is 5.10 Å². The molecular weight excluding hydrogens is 334 g/mol. The molecule has 4 nitrogen and oxygen atoms in total. The van der Waals surface area contributed by atoms with Crippen LogP contribution < -0.4 is 5.32 Å². The lowest BCUT2D eigenvalue weighted by atomic mass is 9.98. The van der Waals surface area contributed by atoms with Crippen molar-refractivity contribution in [1.82, 2.24) is 15.1 Å². The number of halogens is 1. The fourth-order valence-electron chi connectivity index (χ4n) is 2.81. The summed E-state index contributed by atoms with van der Waals surface area (Å²) in [7, 11) is 0. The van der Waals surface area contributed by atoms with Gasteiger partial charge in [0.25, 0.3) is 5.91 Å². The second kappa shape index (κ2) is 8.05. The molecule has 1 amide bonds. The molecule has 136 valence electrons. The third-order valence-corrected chi connectivity index (χ3v) is 4.34. The lowest BCUT2D eigenvalue weighted by molar-refractivity contribution is 0.0946. The van der Waals surface area contributed by atoms with Gasteiger partial charge >= 0.3 is 0 Å². The van der Waals surface area contributed by atoms with Gasteiger partial charge in [0, 0.05) is 6.54 Å². The van der Waals surface area contributed by atoms with Gasteiger partial charge in [-0.1, -0.05) is 65.3 Å². The number of para-hydroxylation sites is 1. The second-order valence-corrected chi connectivity index (χ2v) is 7.83. The van der Waals surface area contributed by atoms with E-state index in [1.165, 1.54) is 0 Å². The highest BCUT2D eigenvalue weighted by Crippen LogP contribution is 2.32. The molecular formula is C20H28ClN3O. The minimum absolute atomic E-state index is 0.0561. The third kappa shape index (κ3) is 4.24. The minimum Gasteiger partial charge on any atom is -0.352 e. The maximum atomic E-state index is 12.9. The summed E-state index contributed by atoms with van der Waals surface area (Å²) in [6.45, 7) is 13.1. The fourth-order valence-corrected chi connectivity index (χ4v) is 3.03. The van der Waals surface area contributed by atoms with Gasteiger partial charge in [0.2, 0.25) is 0 Å². The van der Waals surface area contributed by atoms with Crippen LogP contribution in [0.3, 0.4) is 0 Å². The predicted octanol–water partition coefficient (Wildman–Crippen LogP) is 5.16. The molecule has 0 saturated heterocycles. The molecule has 1 aromatic heterocycles. The SMILES string of the molecule is CC(C)CNC(=O)c1c(C(C)C)nn(-c2ccccc2Cl)c1C(C)C. The van der Waals surface area contributed by atoms with Gasteiger partial charge in [-0.3, -0.25) is 4.79 Å². The Labute approximate surface area is 155 Å². The van der Waals surface area contributed by atoms with Crippen molar-refractivity contribution < 1.29 is 4.79 Å². The Morgan fingerprint density at radius 1 is 1.12 bits per heavy atom. The summed E-state index contributed by atoms with van der Waals surface area (Å²) in [5, 5.41) is 8.45. The lowest BCUT2D eigenvalue weighted by Crippen LogP contribution is -2.29. The Balaban J connectivity index is 2.65. The van der Waals surface area contributed by atoms with Crippen molar-refractivity contribution in [3.8, 4) is 5.69 Å². The number of amides is 1. The molecule has 0 bridgehead atoms. The minimum atomic E-state index is -0.0561. The summed E-state index contributed by atoms with van der Waals surface area (Å²) in [5.41, 5.74) is 3.20. The first-order valence-electron chi connectivity index (χ1n) is 8.89. The van der Waals surface area contributed by atoms with E-state index in [-0.39, 0.29) is 17.7 Å². The molecule has 25 heavy (non-hydrogen) atoms. The zero-order chi connectivity index (χ0) is 18.7. The fraction of sp³-hybridized carbons (Fsp3) is 0.500. The largest absolute Gasteiger partial charge is 0.352 e. The molecule has 0 saturated carbocycles. The Hall–Kier alpha value is -1.81. The Morgan fingerprint density at radius 3 is 2.28 bits per heavy atom. The molecule has 1 N–H and O–H groups in total. The molecule has 0 spiro atoms. The van der Waals surface area contributed by atoms with Crippen LogP contribution in [0.25, 0.3) is 5.69 Å². The van der Waals surface area contributed by atoms with Crippen LogP contribution >= 0.6 is 11.6 Å². The maximum Gasteiger partial charge on any atom is 0.255 e. The highest BCUT2D eigenvalue weighted by molar-refractivity contribution is 6.32. The van der Waals surface area contributed by atoms with Gasteiger partial charge in [-0.05, 0) is 29.9 Å². The number of nitrogens with one attached hydrogen (secondary N) is 1. The number of hydrogen-bond acceptors (Lipinski definition) is 2. The standard InChI is InChI=1S/C20H28ClN3O/c1-12(2)11-22-20(25)17-18(13(3)4)23-24(19(17)14(5)6)16-10-8-7-9-15(16)21/h7-10,12-14H,11H2,1-6H3,(H,22,25). The average molecular weight is 362 g/mol. The molecule has 0 aliphatic heterocycles. The van der Waals surface area contributed by atoms with E-state index in [9.17, 15) is 4.79 Å². The Kier molecular flexibility index (Phi) is 6.28. The molecule has 0 atom stereocenters. The normalized spacial score (nSPS) is 11.6. The molecule has 2 aromatic rings. The zero-order valence-corrected chi connectivity index (χ0v) is 16.7. The number of carbonyl (C=O) groups excluding carboxylic acids is 1. The van der Waals surface area contributed by atoms with Crippen molar-refractivity contribution in [1.29, 1.82) is 0 Å². The molecule has 0 fully saturated rings. The van der Waals surface area contributed by atoms with Crippen LogP contribution in [0.15, 0.2) is 24.3 Å². The summed E-state index contributed by atoms with van der Waals surface area (Å²) in [6.07, 6.45) is 0. The molecule has 0 aliphatic carbocycles. The van der Waals surface area contributed by atoms with E-state index >= 15 is 0 Å². The quantitative estimate of drug-likeness (QED) is 0.772. The van der Waals surface area contributed by atoms with Gasteiger partial charge in [0.1, 0.15) is 0 Å².